The van der Waals surface area contributed by atoms with E-state index < -0.39 is 26.5 Å². The Balaban J connectivity index is 1.50. The monoisotopic (exact) mass is 506 g/mol. The quantitative estimate of drug-likeness (QED) is 0.546. The first kappa shape index (κ1) is 23.9. The Morgan fingerprint density at radius 1 is 1.09 bits per heavy atom. The van der Waals surface area contributed by atoms with Gasteiger partial charge in [0, 0.05) is 37.3 Å². The summed E-state index contributed by atoms with van der Waals surface area (Å²) in [6.07, 6.45) is -0.915. The number of H-pyrrole nitrogens is 1. The number of sulfone groups is 1. The molecule has 12 heteroatoms. The van der Waals surface area contributed by atoms with Gasteiger partial charge in [0.1, 0.15) is 0 Å². The summed E-state index contributed by atoms with van der Waals surface area (Å²) in [5, 5.41) is 13.2. The predicted molar refractivity (Wildman–Crippen MR) is 123 cm³/mol. The van der Waals surface area contributed by atoms with Crippen LogP contribution in [0.1, 0.15) is 36.3 Å². The Kier molecular flexibility index (Phi) is 5.93. The van der Waals surface area contributed by atoms with Gasteiger partial charge in [-0.3, -0.25) is 4.90 Å². The van der Waals surface area contributed by atoms with Crippen molar-refractivity contribution >= 4 is 9.84 Å². The van der Waals surface area contributed by atoms with Gasteiger partial charge in [-0.1, -0.05) is 30.3 Å². The molecule has 1 saturated heterocycles. The zero-order chi connectivity index (χ0) is 25.0. The van der Waals surface area contributed by atoms with E-state index in [2.05, 4.69) is 25.5 Å². The smallest absolute Gasteiger partial charge is 0.328 e. The van der Waals surface area contributed by atoms with Crippen molar-refractivity contribution in [3.05, 3.63) is 47.5 Å². The van der Waals surface area contributed by atoms with Crippen LogP contribution in [-0.2, 0) is 16.0 Å². The molecule has 0 radical (unpaired) electrons. The van der Waals surface area contributed by atoms with Crippen molar-refractivity contribution < 1.29 is 21.6 Å². The molecular formula is C23H25F3N6O2S. The molecule has 2 atom stereocenters. The summed E-state index contributed by atoms with van der Waals surface area (Å²) in [6.45, 7) is 1.90. The Labute approximate surface area is 200 Å². The number of hydrogen-bond donors (Lipinski definition) is 2. The van der Waals surface area contributed by atoms with Gasteiger partial charge >= 0.3 is 6.18 Å². The average molecular weight is 507 g/mol. The SMILES string of the molecule is CS(=O)(=O)c1c(C(F)(F)F)ccc(-c2ccc(C3CN(C4CCC(N)C4)C3)cc2)c1-c1nn[nH]n1. The van der Waals surface area contributed by atoms with Crippen LogP contribution in [0.4, 0.5) is 13.2 Å². The van der Waals surface area contributed by atoms with Crippen molar-refractivity contribution in [2.45, 2.75) is 48.3 Å². The summed E-state index contributed by atoms with van der Waals surface area (Å²) in [5.41, 5.74) is 6.52. The topological polar surface area (TPSA) is 118 Å². The largest absolute Gasteiger partial charge is 0.417 e. The highest BCUT2D eigenvalue weighted by Crippen LogP contribution is 2.43. The first-order valence-corrected chi connectivity index (χ1v) is 13.2. The number of benzene rings is 2. The number of likely N-dealkylation sites (tertiary alicyclic amines) is 1. The number of hydrogen-bond acceptors (Lipinski definition) is 7. The van der Waals surface area contributed by atoms with Crippen molar-refractivity contribution in [2.75, 3.05) is 19.3 Å². The van der Waals surface area contributed by atoms with Crippen molar-refractivity contribution in [2.24, 2.45) is 5.73 Å². The molecule has 1 aromatic heterocycles. The van der Waals surface area contributed by atoms with Gasteiger partial charge in [-0.25, -0.2) is 8.42 Å². The van der Waals surface area contributed by atoms with E-state index in [4.69, 9.17) is 5.73 Å². The zero-order valence-electron chi connectivity index (χ0n) is 19.0. The van der Waals surface area contributed by atoms with Crippen molar-refractivity contribution in [1.82, 2.24) is 25.5 Å². The molecule has 1 aliphatic heterocycles. The van der Waals surface area contributed by atoms with Crippen LogP contribution in [-0.4, -0.2) is 65.4 Å². The highest BCUT2D eigenvalue weighted by Gasteiger charge is 2.40. The van der Waals surface area contributed by atoms with E-state index in [0.29, 0.717) is 17.5 Å². The van der Waals surface area contributed by atoms with Crippen LogP contribution in [0.15, 0.2) is 41.3 Å². The lowest BCUT2D eigenvalue weighted by Gasteiger charge is -2.43. The minimum Gasteiger partial charge on any atom is -0.328 e. The number of tetrazole rings is 1. The third-order valence-electron chi connectivity index (χ3n) is 6.97. The Bertz CT molecular complexity index is 1320. The van der Waals surface area contributed by atoms with Crippen molar-refractivity contribution in [3.8, 4) is 22.5 Å². The fraction of sp³-hybridized carbons (Fsp3) is 0.435. The van der Waals surface area contributed by atoms with Crippen LogP contribution < -0.4 is 5.73 Å². The molecule has 3 N–H and O–H groups in total. The van der Waals surface area contributed by atoms with Crippen LogP contribution in [0.5, 0.6) is 0 Å². The van der Waals surface area contributed by atoms with Gasteiger partial charge in [-0.15, -0.1) is 10.2 Å². The van der Waals surface area contributed by atoms with Crippen molar-refractivity contribution in [3.63, 3.8) is 0 Å². The Morgan fingerprint density at radius 2 is 1.80 bits per heavy atom. The molecule has 186 valence electrons. The van der Waals surface area contributed by atoms with E-state index in [1.165, 1.54) is 6.07 Å². The summed E-state index contributed by atoms with van der Waals surface area (Å²) in [4.78, 5) is 1.59. The molecule has 2 fully saturated rings. The van der Waals surface area contributed by atoms with E-state index >= 15 is 0 Å². The zero-order valence-corrected chi connectivity index (χ0v) is 19.8. The molecule has 0 bridgehead atoms. The second-order valence-corrected chi connectivity index (χ2v) is 11.3. The minimum atomic E-state index is -4.88. The van der Waals surface area contributed by atoms with E-state index in [9.17, 15) is 21.6 Å². The lowest BCUT2D eigenvalue weighted by molar-refractivity contribution is -0.139. The normalized spacial score (nSPS) is 21.9. The maximum Gasteiger partial charge on any atom is 0.417 e. The summed E-state index contributed by atoms with van der Waals surface area (Å²) in [6, 6.07) is 10.3. The number of halogens is 3. The van der Waals surface area contributed by atoms with Crippen LogP contribution in [0.2, 0.25) is 0 Å². The molecule has 0 amide bonds. The van der Waals surface area contributed by atoms with E-state index in [1.54, 1.807) is 12.1 Å². The minimum absolute atomic E-state index is 0.222. The van der Waals surface area contributed by atoms with Gasteiger partial charge in [0.15, 0.2) is 9.84 Å². The highest BCUT2D eigenvalue weighted by molar-refractivity contribution is 7.91. The molecule has 2 heterocycles. The first-order valence-electron chi connectivity index (χ1n) is 11.3. The third kappa shape index (κ3) is 4.57. The second kappa shape index (κ2) is 8.68. The summed E-state index contributed by atoms with van der Waals surface area (Å²) < 4.78 is 66.3. The number of nitrogens with one attached hydrogen (secondary N) is 1. The third-order valence-corrected chi connectivity index (χ3v) is 8.13. The van der Waals surface area contributed by atoms with Crippen LogP contribution in [0, 0.1) is 0 Å². The highest BCUT2D eigenvalue weighted by atomic mass is 32.2. The predicted octanol–water partition coefficient (Wildman–Crippen LogP) is 3.24. The molecule has 3 aromatic rings. The fourth-order valence-corrected chi connectivity index (χ4v) is 6.36. The second-order valence-electron chi connectivity index (χ2n) is 9.37. The maximum absolute atomic E-state index is 13.7. The van der Waals surface area contributed by atoms with Gasteiger partial charge in [0.25, 0.3) is 0 Å². The molecule has 0 spiro atoms. The summed E-state index contributed by atoms with van der Waals surface area (Å²) in [7, 11) is -4.29. The number of aromatic nitrogens is 4. The molecule has 1 aliphatic carbocycles. The first-order chi connectivity index (χ1) is 16.5. The average Bonchev–Trinajstić information content (AvgIpc) is 3.43. The fourth-order valence-electron chi connectivity index (χ4n) is 5.20. The Morgan fingerprint density at radius 3 is 2.34 bits per heavy atom. The van der Waals surface area contributed by atoms with E-state index in [1.807, 2.05) is 12.1 Å². The van der Waals surface area contributed by atoms with Crippen molar-refractivity contribution in [1.29, 1.82) is 0 Å². The van der Waals surface area contributed by atoms with Gasteiger partial charge in [-0.2, -0.15) is 18.4 Å². The molecule has 2 aromatic carbocycles. The number of aromatic amines is 1. The van der Waals surface area contributed by atoms with Crippen LogP contribution in [0.25, 0.3) is 22.5 Å². The molecule has 2 aliphatic rings. The molecule has 1 saturated carbocycles. The molecule has 35 heavy (non-hydrogen) atoms. The number of alkyl halides is 3. The van der Waals surface area contributed by atoms with Gasteiger partial charge in [0.2, 0.25) is 5.82 Å². The summed E-state index contributed by atoms with van der Waals surface area (Å²) in [5.74, 6) is 0.150. The Hall–Kier alpha value is -2.83. The van der Waals surface area contributed by atoms with Gasteiger partial charge < -0.3 is 5.73 Å². The number of nitrogens with zero attached hydrogens (tertiary/aromatic N) is 4. The van der Waals surface area contributed by atoms with Gasteiger partial charge in [-0.05, 0) is 47.2 Å². The molecular weight excluding hydrogens is 481 g/mol. The molecule has 2 unspecified atom stereocenters. The van der Waals surface area contributed by atoms with E-state index in [0.717, 1.165) is 50.2 Å². The lowest BCUT2D eigenvalue weighted by Crippen LogP contribution is -2.50. The molecule has 5 rings (SSSR count). The standard InChI is InChI=1S/C23H25F3N6O2S/c1-35(33,34)21-19(23(24,25)26)9-8-18(20(21)22-28-30-31-29-22)14-4-2-13(3-5-14)15-11-32(12-15)17-7-6-16(27)10-17/h2-5,8-9,15-17H,6-7,10-12,27H2,1H3,(H,28,29,30,31). The summed E-state index contributed by atoms with van der Waals surface area (Å²) >= 11 is 0. The van der Waals surface area contributed by atoms with Crippen LogP contribution in [0.3, 0.4) is 0 Å². The van der Waals surface area contributed by atoms with Gasteiger partial charge in [0.05, 0.1) is 16.0 Å². The lowest BCUT2D eigenvalue weighted by atomic mass is 9.88. The van der Waals surface area contributed by atoms with E-state index in [-0.39, 0.29) is 23.0 Å². The maximum atomic E-state index is 13.7. The van der Waals surface area contributed by atoms with Crippen LogP contribution >= 0.6 is 0 Å². The number of rotatable bonds is 5. The molecule has 8 nitrogen and oxygen atoms in total. The number of nitrogens with two attached hydrogens (primary N) is 1.